The van der Waals surface area contributed by atoms with Crippen LogP contribution in [-0.2, 0) is 22.6 Å². The number of hydrogen-bond donors (Lipinski definition) is 2. The van der Waals surface area contributed by atoms with Gasteiger partial charge in [-0.1, -0.05) is 6.07 Å². The number of anilines is 1. The number of hydrogen-bond acceptors (Lipinski definition) is 5. The highest BCUT2D eigenvalue weighted by Crippen LogP contribution is 2.28. The Morgan fingerprint density at radius 3 is 2.63 bits per heavy atom. The van der Waals surface area contributed by atoms with Crippen LogP contribution in [0.15, 0.2) is 36.4 Å². The molecule has 0 radical (unpaired) electrons. The van der Waals surface area contributed by atoms with Crippen molar-refractivity contribution in [2.24, 2.45) is 0 Å². The second-order valence-corrected chi connectivity index (χ2v) is 7.16. The molecule has 3 amide bonds. The fourth-order valence-electron chi connectivity index (χ4n) is 3.02. The van der Waals surface area contributed by atoms with Gasteiger partial charge in [0.05, 0.1) is 7.11 Å². The van der Waals surface area contributed by atoms with E-state index in [2.05, 4.69) is 10.6 Å². The summed E-state index contributed by atoms with van der Waals surface area (Å²) in [6.07, 6.45) is 1.05. The summed E-state index contributed by atoms with van der Waals surface area (Å²) in [5.41, 5.74) is 3.09. The molecule has 1 aliphatic rings. The third-order valence-electron chi connectivity index (χ3n) is 4.79. The maximum absolute atomic E-state index is 12.5. The Labute approximate surface area is 175 Å². The van der Waals surface area contributed by atoms with Crippen LogP contribution in [0.3, 0.4) is 0 Å². The zero-order chi connectivity index (χ0) is 21.7. The molecule has 0 saturated heterocycles. The van der Waals surface area contributed by atoms with E-state index in [1.54, 1.807) is 44.4 Å². The first kappa shape index (κ1) is 21.2. The van der Waals surface area contributed by atoms with Crippen molar-refractivity contribution in [3.63, 3.8) is 0 Å². The molecule has 3 rings (SSSR count). The molecule has 158 valence electrons. The standard InChI is InChI=1S/C22H25N3O5/c1-25(2)21(27)13-30-18-8-4-14(10-19(18)29-3)12-23-22(28)16-5-7-17-15(11-16)6-9-20(26)24-17/h4-5,7-8,10-11H,6,9,12-13H2,1-3H3,(H,23,28)(H,24,26). The molecule has 0 bridgehead atoms. The molecule has 0 unspecified atom stereocenters. The van der Waals surface area contributed by atoms with Crippen molar-refractivity contribution >= 4 is 23.4 Å². The lowest BCUT2D eigenvalue weighted by molar-refractivity contribution is -0.130. The highest BCUT2D eigenvalue weighted by Gasteiger charge is 2.17. The van der Waals surface area contributed by atoms with E-state index < -0.39 is 0 Å². The zero-order valence-electron chi connectivity index (χ0n) is 17.3. The number of ether oxygens (including phenoxy) is 2. The highest BCUT2D eigenvalue weighted by molar-refractivity contribution is 5.97. The first-order chi connectivity index (χ1) is 14.4. The summed E-state index contributed by atoms with van der Waals surface area (Å²) < 4.78 is 10.9. The van der Waals surface area contributed by atoms with Gasteiger partial charge in [-0.3, -0.25) is 14.4 Å². The van der Waals surface area contributed by atoms with Crippen molar-refractivity contribution < 1.29 is 23.9 Å². The number of carbonyl (C=O) groups is 3. The maximum Gasteiger partial charge on any atom is 0.259 e. The monoisotopic (exact) mass is 411 g/mol. The number of carbonyl (C=O) groups excluding carboxylic acids is 3. The molecule has 2 aromatic rings. The maximum atomic E-state index is 12.5. The van der Waals surface area contributed by atoms with Gasteiger partial charge in [0.1, 0.15) is 0 Å². The number of rotatable bonds is 7. The minimum Gasteiger partial charge on any atom is -0.493 e. The molecule has 8 heteroatoms. The number of amides is 3. The Bertz CT molecular complexity index is 971. The lowest BCUT2D eigenvalue weighted by Crippen LogP contribution is -2.27. The molecular weight excluding hydrogens is 386 g/mol. The Kier molecular flexibility index (Phi) is 6.56. The quantitative estimate of drug-likeness (QED) is 0.726. The lowest BCUT2D eigenvalue weighted by Gasteiger charge is -2.17. The lowest BCUT2D eigenvalue weighted by atomic mass is 10.00. The normalized spacial score (nSPS) is 12.4. The van der Waals surface area contributed by atoms with Gasteiger partial charge in [-0.25, -0.2) is 0 Å². The Balaban J connectivity index is 1.62. The summed E-state index contributed by atoms with van der Waals surface area (Å²) in [6, 6.07) is 10.5. The van der Waals surface area contributed by atoms with Crippen LogP contribution in [0, 0.1) is 0 Å². The van der Waals surface area contributed by atoms with Crippen LogP contribution >= 0.6 is 0 Å². The topological polar surface area (TPSA) is 97.0 Å². The van der Waals surface area contributed by atoms with Crippen molar-refractivity contribution in [1.29, 1.82) is 0 Å². The van der Waals surface area contributed by atoms with E-state index in [4.69, 9.17) is 9.47 Å². The van der Waals surface area contributed by atoms with Crippen LogP contribution < -0.4 is 20.1 Å². The molecule has 0 atom stereocenters. The number of aryl methyl sites for hydroxylation is 1. The van der Waals surface area contributed by atoms with Gasteiger partial charge >= 0.3 is 0 Å². The van der Waals surface area contributed by atoms with Crippen LogP contribution in [0.25, 0.3) is 0 Å². The van der Waals surface area contributed by atoms with Crippen LogP contribution in [0.5, 0.6) is 11.5 Å². The number of nitrogens with zero attached hydrogens (tertiary/aromatic N) is 1. The average Bonchev–Trinajstić information content (AvgIpc) is 2.75. The summed E-state index contributed by atoms with van der Waals surface area (Å²) >= 11 is 0. The number of methoxy groups -OCH3 is 1. The van der Waals surface area contributed by atoms with Crippen LogP contribution in [-0.4, -0.2) is 50.4 Å². The molecule has 1 heterocycles. The fraction of sp³-hybridized carbons (Fsp3) is 0.318. The van der Waals surface area contributed by atoms with Crippen LogP contribution in [0.2, 0.25) is 0 Å². The van der Waals surface area contributed by atoms with Gasteiger partial charge in [0, 0.05) is 38.3 Å². The zero-order valence-corrected chi connectivity index (χ0v) is 17.3. The number of fused-ring (bicyclic) bond motifs is 1. The summed E-state index contributed by atoms with van der Waals surface area (Å²) in [7, 11) is 4.84. The van der Waals surface area contributed by atoms with Crippen molar-refractivity contribution in [1.82, 2.24) is 10.2 Å². The van der Waals surface area contributed by atoms with Gasteiger partial charge in [0.2, 0.25) is 5.91 Å². The van der Waals surface area contributed by atoms with Gasteiger partial charge in [0.15, 0.2) is 18.1 Å². The van der Waals surface area contributed by atoms with Crippen molar-refractivity contribution in [3.8, 4) is 11.5 Å². The molecule has 0 fully saturated rings. The second kappa shape index (κ2) is 9.30. The molecule has 8 nitrogen and oxygen atoms in total. The average molecular weight is 411 g/mol. The van der Waals surface area contributed by atoms with Crippen molar-refractivity contribution in [3.05, 3.63) is 53.1 Å². The van der Waals surface area contributed by atoms with Gasteiger partial charge in [0.25, 0.3) is 11.8 Å². The van der Waals surface area contributed by atoms with Gasteiger partial charge < -0.3 is 25.0 Å². The molecule has 2 N–H and O–H groups in total. The van der Waals surface area contributed by atoms with E-state index in [0.717, 1.165) is 16.8 Å². The molecule has 0 aliphatic carbocycles. The van der Waals surface area contributed by atoms with Gasteiger partial charge in [-0.15, -0.1) is 0 Å². The third kappa shape index (κ3) is 5.08. The fourth-order valence-corrected chi connectivity index (χ4v) is 3.02. The number of likely N-dealkylation sites (N-methyl/N-ethyl adjacent to an activating group) is 1. The Morgan fingerprint density at radius 1 is 1.10 bits per heavy atom. The first-order valence-corrected chi connectivity index (χ1v) is 9.58. The van der Waals surface area contributed by atoms with Gasteiger partial charge in [-0.05, 0) is 47.9 Å². The van der Waals surface area contributed by atoms with E-state index in [1.165, 1.54) is 12.0 Å². The Morgan fingerprint density at radius 2 is 1.90 bits per heavy atom. The van der Waals surface area contributed by atoms with E-state index in [-0.39, 0.29) is 24.3 Å². The molecular formula is C22H25N3O5. The SMILES string of the molecule is COc1cc(CNC(=O)c2ccc3c(c2)CCC(=O)N3)ccc1OCC(=O)N(C)C. The molecule has 30 heavy (non-hydrogen) atoms. The molecule has 0 saturated carbocycles. The Hall–Kier alpha value is -3.55. The second-order valence-electron chi connectivity index (χ2n) is 7.16. The predicted octanol–water partition coefficient (Wildman–Crippen LogP) is 1.98. The number of nitrogens with one attached hydrogen (secondary N) is 2. The summed E-state index contributed by atoms with van der Waals surface area (Å²) in [6.45, 7) is 0.220. The third-order valence-corrected chi connectivity index (χ3v) is 4.79. The summed E-state index contributed by atoms with van der Waals surface area (Å²) in [4.78, 5) is 37.1. The predicted molar refractivity (Wildman–Crippen MR) is 112 cm³/mol. The number of benzene rings is 2. The van der Waals surface area contributed by atoms with Crippen molar-refractivity contribution in [2.75, 3.05) is 33.1 Å². The molecule has 0 spiro atoms. The van der Waals surface area contributed by atoms with Crippen LogP contribution in [0.1, 0.15) is 27.9 Å². The minimum atomic E-state index is -0.203. The first-order valence-electron chi connectivity index (χ1n) is 9.58. The van der Waals surface area contributed by atoms with Gasteiger partial charge in [-0.2, -0.15) is 0 Å². The molecule has 1 aliphatic heterocycles. The van der Waals surface area contributed by atoms with Crippen molar-refractivity contribution in [2.45, 2.75) is 19.4 Å². The van der Waals surface area contributed by atoms with E-state index >= 15 is 0 Å². The van der Waals surface area contributed by atoms with Crippen LogP contribution in [0.4, 0.5) is 5.69 Å². The molecule has 0 aromatic heterocycles. The van der Waals surface area contributed by atoms with E-state index in [0.29, 0.717) is 36.4 Å². The molecule has 2 aromatic carbocycles. The minimum absolute atomic E-state index is 0.00726. The van der Waals surface area contributed by atoms with E-state index in [1.807, 2.05) is 6.07 Å². The summed E-state index contributed by atoms with van der Waals surface area (Å²) in [5.74, 6) is 0.577. The smallest absolute Gasteiger partial charge is 0.259 e. The highest BCUT2D eigenvalue weighted by atomic mass is 16.5. The summed E-state index contributed by atoms with van der Waals surface area (Å²) in [5, 5.41) is 5.69. The van der Waals surface area contributed by atoms with E-state index in [9.17, 15) is 14.4 Å². The largest absolute Gasteiger partial charge is 0.493 e.